The van der Waals surface area contributed by atoms with Gasteiger partial charge in [0.15, 0.2) is 0 Å². The second-order valence-electron chi connectivity index (χ2n) is 8.37. The summed E-state index contributed by atoms with van der Waals surface area (Å²) in [7, 11) is 0. The Morgan fingerprint density at radius 1 is 0.938 bits per heavy atom. The molecule has 0 atom stereocenters. The van der Waals surface area contributed by atoms with Gasteiger partial charge in [-0.15, -0.1) is 0 Å². The minimum Gasteiger partial charge on any atom is -0.333 e. The molecule has 4 aromatic rings. The van der Waals surface area contributed by atoms with Crippen molar-refractivity contribution >= 4 is 5.91 Å². The number of aromatic nitrogens is 2. The van der Waals surface area contributed by atoms with Crippen LogP contribution < -0.4 is 0 Å². The van der Waals surface area contributed by atoms with Crippen molar-refractivity contribution in [3.05, 3.63) is 107 Å². The maximum atomic E-state index is 13.7. The van der Waals surface area contributed by atoms with Crippen molar-refractivity contribution in [3.8, 4) is 16.9 Å². The zero-order valence-electron chi connectivity index (χ0n) is 18.2. The van der Waals surface area contributed by atoms with Crippen molar-refractivity contribution in [2.75, 3.05) is 6.54 Å². The van der Waals surface area contributed by atoms with Crippen LogP contribution in [0.2, 0.25) is 0 Å². The highest BCUT2D eigenvalue weighted by atomic mass is 19.1. The van der Waals surface area contributed by atoms with E-state index >= 15 is 0 Å². The molecule has 5 heteroatoms. The van der Waals surface area contributed by atoms with Crippen molar-refractivity contribution in [1.82, 2.24) is 14.7 Å². The molecule has 1 aromatic heterocycles. The third-order valence-corrected chi connectivity index (χ3v) is 6.08. The van der Waals surface area contributed by atoms with E-state index in [1.807, 2.05) is 55.1 Å². The highest BCUT2D eigenvalue weighted by Gasteiger charge is 2.26. The Morgan fingerprint density at radius 3 is 2.47 bits per heavy atom. The first-order chi connectivity index (χ1) is 15.5. The molecule has 0 saturated heterocycles. The summed E-state index contributed by atoms with van der Waals surface area (Å²) in [6.07, 6.45) is 0.838. The van der Waals surface area contributed by atoms with Crippen molar-refractivity contribution in [2.45, 2.75) is 26.8 Å². The molecular formula is C27H24FN3O. The Kier molecular flexibility index (Phi) is 5.10. The molecule has 4 nitrogen and oxygen atoms in total. The van der Waals surface area contributed by atoms with Crippen LogP contribution in [-0.4, -0.2) is 27.1 Å². The molecule has 1 aliphatic heterocycles. The Bertz CT molecular complexity index is 1310. The lowest BCUT2D eigenvalue weighted by Crippen LogP contribution is -2.37. The summed E-state index contributed by atoms with van der Waals surface area (Å²) in [5, 5.41) is 4.79. The van der Waals surface area contributed by atoms with Gasteiger partial charge in [-0.1, -0.05) is 36.4 Å². The number of carbonyl (C=O) groups excluding carboxylic acids is 1. The van der Waals surface area contributed by atoms with Crippen molar-refractivity contribution in [3.63, 3.8) is 0 Å². The minimum atomic E-state index is -0.300. The lowest BCUT2D eigenvalue weighted by Gasteiger charge is -2.29. The van der Waals surface area contributed by atoms with Gasteiger partial charge in [-0.2, -0.15) is 5.10 Å². The fourth-order valence-electron chi connectivity index (χ4n) is 4.26. The summed E-state index contributed by atoms with van der Waals surface area (Å²) in [6.45, 7) is 5.29. The molecule has 0 bridgehead atoms. The number of hydrogen-bond acceptors (Lipinski definition) is 2. The third kappa shape index (κ3) is 3.71. The fourth-order valence-corrected chi connectivity index (χ4v) is 4.26. The normalized spacial score (nSPS) is 13.2. The smallest absolute Gasteiger partial charge is 0.272 e. The van der Waals surface area contributed by atoms with Gasteiger partial charge in [-0.05, 0) is 78.9 Å². The molecule has 5 rings (SSSR count). The van der Waals surface area contributed by atoms with E-state index in [0.717, 1.165) is 28.8 Å². The fraction of sp³-hybridized carbons (Fsp3) is 0.185. The lowest BCUT2D eigenvalue weighted by molar-refractivity contribution is 0.0725. The Balaban J connectivity index is 1.59. The molecule has 0 unspecified atom stereocenters. The number of hydrogen-bond donors (Lipinski definition) is 0. The summed E-state index contributed by atoms with van der Waals surface area (Å²) in [5.41, 5.74) is 7.41. The molecule has 32 heavy (non-hydrogen) atoms. The van der Waals surface area contributed by atoms with Gasteiger partial charge >= 0.3 is 0 Å². The SMILES string of the molecule is Cc1ccc(C)c(-n2nc(-c3ccc(F)cc3)cc2C(=O)N2CCc3ccccc3C2)c1. The highest BCUT2D eigenvalue weighted by molar-refractivity contribution is 5.94. The summed E-state index contributed by atoms with van der Waals surface area (Å²) in [6, 6.07) is 22.4. The molecular weight excluding hydrogens is 401 g/mol. The number of aryl methyl sites for hydroxylation is 2. The Hall–Kier alpha value is -3.73. The second kappa shape index (κ2) is 8.08. The monoisotopic (exact) mass is 425 g/mol. The number of benzene rings is 3. The van der Waals surface area contributed by atoms with Crippen LogP contribution in [0.1, 0.15) is 32.7 Å². The van der Waals surface area contributed by atoms with Crippen LogP contribution >= 0.6 is 0 Å². The first-order valence-corrected chi connectivity index (χ1v) is 10.8. The zero-order valence-corrected chi connectivity index (χ0v) is 18.2. The van der Waals surface area contributed by atoms with Gasteiger partial charge in [-0.25, -0.2) is 9.07 Å². The molecule has 0 radical (unpaired) electrons. The molecule has 1 amide bonds. The van der Waals surface area contributed by atoms with Crippen molar-refractivity contribution < 1.29 is 9.18 Å². The van der Waals surface area contributed by atoms with E-state index in [1.54, 1.807) is 16.8 Å². The summed E-state index contributed by atoms with van der Waals surface area (Å²) < 4.78 is 15.2. The molecule has 160 valence electrons. The zero-order chi connectivity index (χ0) is 22.2. The molecule has 2 heterocycles. The number of halogens is 1. The summed E-state index contributed by atoms with van der Waals surface area (Å²) >= 11 is 0. The maximum absolute atomic E-state index is 13.7. The molecule has 3 aromatic carbocycles. The predicted molar refractivity (Wildman–Crippen MR) is 123 cm³/mol. The average molecular weight is 426 g/mol. The standard InChI is InChI=1S/C27H24FN3O/c1-18-7-8-19(2)25(15-18)31-26(16-24(29-31)21-9-11-23(28)12-10-21)27(32)30-14-13-20-5-3-4-6-22(20)17-30/h3-12,15-16H,13-14,17H2,1-2H3. The van der Waals surface area contributed by atoms with Gasteiger partial charge < -0.3 is 4.90 Å². The molecule has 1 aliphatic rings. The molecule has 0 saturated carbocycles. The van der Waals surface area contributed by atoms with E-state index in [0.29, 0.717) is 24.5 Å². The lowest BCUT2D eigenvalue weighted by atomic mass is 9.99. The third-order valence-electron chi connectivity index (χ3n) is 6.08. The van der Waals surface area contributed by atoms with Gasteiger partial charge in [0.2, 0.25) is 0 Å². The molecule has 0 fully saturated rings. The van der Waals surface area contributed by atoms with E-state index in [-0.39, 0.29) is 11.7 Å². The van der Waals surface area contributed by atoms with Crippen LogP contribution in [0.15, 0.2) is 72.8 Å². The maximum Gasteiger partial charge on any atom is 0.272 e. The van der Waals surface area contributed by atoms with E-state index in [9.17, 15) is 9.18 Å². The summed E-state index contributed by atoms with van der Waals surface area (Å²) in [4.78, 5) is 15.6. The first-order valence-electron chi connectivity index (χ1n) is 10.8. The van der Waals surface area contributed by atoms with Crippen LogP contribution in [0.25, 0.3) is 16.9 Å². The quantitative estimate of drug-likeness (QED) is 0.435. The van der Waals surface area contributed by atoms with Crippen LogP contribution in [-0.2, 0) is 13.0 Å². The van der Waals surface area contributed by atoms with Crippen molar-refractivity contribution in [2.24, 2.45) is 0 Å². The van der Waals surface area contributed by atoms with Crippen LogP contribution in [0.3, 0.4) is 0 Å². The van der Waals surface area contributed by atoms with Crippen LogP contribution in [0, 0.1) is 19.7 Å². The number of fused-ring (bicyclic) bond motifs is 1. The Labute approximate surface area is 186 Å². The Morgan fingerprint density at radius 2 is 1.69 bits per heavy atom. The van der Waals surface area contributed by atoms with E-state index in [1.165, 1.54) is 23.3 Å². The topological polar surface area (TPSA) is 38.1 Å². The first kappa shape index (κ1) is 20.2. The van der Waals surface area contributed by atoms with E-state index < -0.39 is 0 Å². The second-order valence-corrected chi connectivity index (χ2v) is 8.37. The highest BCUT2D eigenvalue weighted by Crippen LogP contribution is 2.27. The number of carbonyl (C=O) groups is 1. The minimum absolute atomic E-state index is 0.0544. The van der Waals surface area contributed by atoms with Crippen LogP contribution in [0.5, 0.6) is 0 Å². The predicted octanol–water partition coefficient (Wildman–Crippen LogP) is 5.49. The molecule has 0 N–H and O–H groups in total. The van der Waals surface area contributed by atoms with E-state index in [4.69, 9.17) is 5.10 Å². The largest absolute Gasteiger partial charge is 0.333 e. The van der Waals surface area contributed by atoms with Gasteiger partial charge in [-0.3, -0.25) is 4.79 Å². The van der Waals surface area contributed by atoms with Gasteiger partial charge in [0.1, 0.15) is 11.5 Å². The van der Waals surface area contributed by atoms with Gasteiger partial charge in [0.05, 0.1) is 11.4 Å². The van der Waals surface area contributed by atoms with Gasteiger partial charge in [0, 0.05) is 18.7 Å². The molecule has 0 aliphatic carbocycles. The number of rotatable bonds is 3. The number of nitrogens with zero attached hydrogens (tertiary/aromatic N) is 3. The van der Waals surface area contributed by atoms with Gasteiger partial charge in [0.25, 0.3) is 5.91 Å². The molecule has 0 spiro atoms. The van der Waals surface area contributed by atoms with Crippen molar-refractivity contribution in [1.29, 1.82) is 0 Å². The average Bonchev–Trinajstić information content (AvgIpc) is 3.25. The van der Waals surface area contributed by atoms with Crippen LogP contribution in [0.4, 0.5) is 4.39 Å². The summed E-state index contributed by atoms with van der Waals surface area (Å²) in [5.74, 6) is -0.354. The number of amides is 1. The van der Waals surface area contributed by atoms with E-state index in [2.05, 4.69) is 12.1 Å².